The molecule has 0 unspecified atom stereocenters. The molecule has 147 heavy (non-hydrogen) atoms. The number of hydrogen-bond donors (Lipinski definition) is 36. The van der Waals surface area contributed by atoms with Crippen LogP contribution in [0, 0.1) is 28.6 Å². The van der Waals surface area contributed by atoms with Crippen LogP contribution in [0.5, 0.6) is 0 Å². The van der Waals surface area contributed by atoms with E-state index in [-0.39, 0.29) is 95.1 Å². The molecule has 0 aliphatic rings. The van der Waals surface area contributed by atoms with Gasteiger partial charge in [-0.15, -0.1) is 0 Å². The van der Waals surface area contributed by atoms with Crippen molar-refractivity contribution in [3.8, 4) is 0 Å². The van der Waals surface area contributed by atoms with E-state index in [1.54, 1.807) is 58.0 Å². The molecule has 0 heterocycles. The molecule has 1 aromatic rings. The Labute approximate surface area is 853 Å². The Kier molecular flexibility index (Phi) is 61.2. The number of carbonyl (C=O) groups excluding carboxylic acids is 21. The van der Waals surface area contributed by atoms with Crippen molar-refractivity contribution < 1.29 is 141 Å². The summed E-state index contributed by atoms with van der Waals surface area (Å²) in [4.78, 5) is 309. The molecule has 0 aromatic heterocycles. The average Bonchev–Trinajstić information content (AvgIpc) is 0.853. The van der Waals surface area contributed by atoms with Crippen LogP contribution in [0.2, 0.25) is 0 Å². The Morgan fingerprint density at radius 2 is 0.680 bits per heavy atom. The van der Waals surface area contributed by atoms with E-state index in [4.69, 9.17) is 45.2 Å². The predicted octanol–water partition coefficient (Wildman–Crippen LogP) is -13.7. The van der Waals surface area contributed by atoms with E-state index in [1.165, 1.54) is 20.8 Å². The minimum Gasteiger partial charge on any atom is -0.481 e. The Hall–Kier alpha value is -14.3. The quantitative estimate of drug-likeness (QED) is 0.0125. The monoisotopic (exact) mass is 2110 g/mol. The number of aliphatic hydroxyl groups excluding tert-OH is 4. The van der Waals surface area contributed by atoms with Gasteiger partial charge in [0.2, 0.25) is 124 Å². The van der Waals surface area contributed by atoms with Crippen LogP contribution in [-0.2, 0) is 117 Å². The fraction of sp³-hybridized carbons (Fsp3) is 0.648. The Morgan fingerprint density at radius 3 is 1.12 bits per heavy atom. The van der Waals surface area contributed by atoms with Gasteiger partial charge < -0.3 is 177 Å². The van der Waals surface area contributed by atoms with Crippen LogP contribution in [0.15, 0.2) is 30.3 Å². The molecule has 0 bridgehead atoms. The zero-order chi connectivity index (χ0) is 112. The number of hydrogen-bond acceptors (Lipinski definition) is 32. The highest BCUT2D eigenvalue weighted by atomic mass is 32.1. The molecular formula is C88H149N29O29S. The van der Waals surface area contributed by atoms with E-state index in [1.807, 2.05) is 0 Å². The van der Waals surface area contributed by atoms with Gasteiger partial charge in [-0.2, -0.15) is 12.6 Å². The molecule has 0 saturated carbocycles. The lowest BCUT2D eigenvalue weighted by Crippen LogP contribution is -2.61. The van der Waals surface area contributed by atoms with E-state index in [0.717, 1.165) is 20.8 Å². The lowest BCUT2D eigenvalue weighted by molar-refractivity contribution is -0.142. The number of nitrogens with one attached hydrogen (secondary N) is 23. The van der Waals surface area contributed by atoms with Crippen LogP contribution >= 0.6 is 12.6 Å². The van der Waals surface area contributed by atoms with Crippen molar-refractivity contribution in [1.29, 1.82) is 10.8 Å². The third kappa shape index (κ3) is 52.9. The largest absolute Gasteiger partial charge is 0.481 e. The summed E-state index contributed by atoms with van der Waals surface area (Å²) in [6, 6.07) is -19.3. The van der Waals surface area contributed by atoms with Crippen molar-refractivity contribution in [2.75, 3.05) is 58.2 Å². The van der Waals surface area contributed by atoms with Crippen LogP contribution < -0.4 is 146 Å². The highest BCUT2D eigenvalue weighted by molar-refractivity contribution is 7.80. The normalized spacial score (nSPS) is 14.9. The van der Waals surface area contributed by atoms with Crippen LogP contribution in [0.25, 0.3) is 0 Å². The van der Waals surface area contributed by atoms with Crippen molar-refractivity contribution in [2.24, 2.45) is 52.2 Å². The van der Waals surface area contributed by atoms with Crippen LogP contribution in [0.1, 0.15) is 171 Å². The number of unbranched alkanes of at least 4 members (excludes halogenated alkanes) is 1. The molecule has 0 saturated heterocycles. The van der Waals surface area contributed by atoms with Gasteiger partial charge in [-0.1, -0.05) is 71.9 Å². The lowest BCUT2D eigenvalue weighted by atomic mass is 10.0. The number of aliphatic carboxylic acids is 2. The van der Waals surface area contributed by atoms with Crippen LogP contribution in [-0.4, -0.2) is 352 Å². The summed E-state index contributed by atoms with van der Waals surface area (Å²) in [5, 5.41) is 125. The number of thiol groups is 1. The number of aliphatic hydroxyl groups is 4. The number of rotatable bonds is 72. The second-order valence-electron chi connectivity index (χ2n) is 35.8. The first kappa shape index (κ1) is 131. The van der Waals surface area contributed by atoms with Crippen molar-refractivity contribution in [3.63, 3.8) is 0 Å². The van der Waals surface area contributed by atoms with Gasteiger partial charge in [0.15, 0.2) is 11.9 Å². The molecular weight excluding hydrogens is 1960 g/mol. The highest BCUT2D eigenvalue weighted by Crippen LogP contribution is 2.15. The van der Waals surface area contributed by atoms with E-state index in [0.29, 0.717) is 12.0 Å². The Bertz CT molecular complexity index is 4640. The van der Waals surface area contributed by atoms with Gasteiger partial charge in [0.1, 0.15) is 96.7 Å². The first-order valence-corrected chi connectivity index (χ1v) is 48.1. The van der Waals surface area contributed by atoms with Gasteiger partial charge in [0.25, 0.3) is 0 Å². The molecule has 58 nitrogen and oxygen atoms in total. The SMILES string of the molecule is CC(C)C[C@H](NC(=O)[C@H](C)NC(=O)[C@H](CCC(N)=O)NC(=O)CNC(=O)[C@@H](NC(=O)[C@H](CCCNC(=N)N)NC(=O)[C@@H](NC(=O)CNC(=O)[C@H](CCC(N)=O)NC(=O)[C@H](CO)NC(=O)[C@H](CCC(=O)O)NC(=O)[C@@H](N)CCCNC(=N)N)[C@@H](C)O)C(C)C)C(=O)N[C@@H](CO)C(=O)N[C@@H](Cc1ccccc1)C(=O)N[C@@H](CC(C)C)C(=O)N[C@@H](CS)C(=O)N[C@@H](CCCCN)C(=O)NCC(=O)N[C@H](C(=O)N[C@@H](C)C(=O)O)[C@@H](C)O. The van der Waals surface area contributed by atoms with Gasteiger partial charge in [-0.05, 0) is 135 Å². The van der Waals surface area contributed by atoms with Gasteiger partial charge >= 0.3 is 11.9 Å². The topological polar surface area (TPSA) is 970 Å². The van der Waals surface area contributed by atoms with Crippen LogP contribution in [0.3, 0.4) is 0 Å². The molecule has 0 spiro atoms. The summed E-state index contributed by atoms with van der Waals surface area (Å²) < 4.78 is 0. The highest BCUT2D eigenvalue weighted by Gasteiger charge is 2.40. The minimum atomic E-state index is -1.95. The average molecular weight is 2110 g/mol. The fourth-order valence-electron chi connectivity index (χ4n) is 13.6. The molecule has 21 amide bonds. The summed E-state index contributed by atoms with van der Waals surface area (Å²) in [7, 11) is 0. The zero-order valence-electron chi connectivity index (χ0n) is 83.8. The van der Waals surface area contributed by atoms with Crippen LogP contribution in [0.4, 0.5) is 0 Å². The molecule has 1 rings (SSSR count). The van der Waals surface area contributed by atoms with Gasteiger partial charge in [0.05, 0.1) is 51.1 Å². The number of nitrogens with two attached hydrogens (primary N) is 6. The third-order valence-electron chi connectivity index (χ3n) is 21.7. The smallest absolute Gasteiger partial charge is 0.325 e. The molecule has 0 aliphatic heterocycles. The first-order valence-electron chi connectivity index (χ1n) is 47.4. The Morgan fingerprint density at radius 1 is 0.340 bits per heavy atom. The van der Waals surface area contributed by atoms with Crippen molar-refractivity contribution in [2.45, 2.75) is 287 Å². The number of benzene rings is 1. The minimum absolute atomic E-state index is 0.00478. The number of carbonyl (C=O) groups is 23. The summed E-state index contributed by atoms with van der Waals surface area (Å²) in [5.41, 5.74) is 33.5. The zero-order valence-corrected chi connectivity index (χ0v) is 84.6. The maximum Gasteiger partial charge on any atom is 0.325 e. The molecule has 0 aliphatic carbocycles. The molecule has 0 fully saturated rings. The van der Waals surface area contributed by atoms with Crippen molar-refractivity contribution in [1.82, 2.24) is 112 Å². The van der Waals surface area contributed by atoms with Gasteiger partial charge in [-0.25, -0.2) is 0 Å². The molecule has 41 N–H and O–H groups in total. The molecule has 826 valence electrons. The van der Waals surface area contributed by atoms with Crippen molar-refractivity contribution in [3.05, 3.63) is 35.9 Å². The second-order valence-corrected chi connectivity index (χ2v) is 36.1. The van der Waals surface area contributed by atoms with E-state index < -0.39 is 340 Å². The molecule has 59 heteroatoms. The summed E-state index contributed by atoms with van der Waals surface area (Å²) in [5.74, 6) is -28.0. The number of carboxylic acid groups (broad SMARTS) is 2. The second kappa shape index (κ2) is 68.9. The summed E-state index contributed by atoms with van der Waals surface area (Å²) in [6.07, 6.45) is -6.80. The summed E-state index contributed by atoms with van der Waals surface area (Å²) >= 11 is 4.27. The van der Waals surface area contributed by atoms with Gasteiger partial charge in [-0.3, -0.25) is 121 Å². The lowest BCUT2D eigenvalue weighted by Gasteiger charge is -2.28. The predicted molar refractivity (Wildman–Crippen MR) is 527 cm³/mol. The number of carboxylic acids is 2. The van der Waals surface area contributed by atoms with Crippen molar-refractivity contribution >= 4 is 161 Å². The standard InChI is InChI=1S/C88H149N29O29S/c1-41(2)32-55(77(136)113-59(39-119)81(140)111-57(34-48-18-12-11-13-19-48)79(138)110-56(33-42(3)4)78(137)114-60(40-147)82(141)106-50(21-14-15-29-89)72(131)99-36-64(125)115-68(46(9)120)84(143)103-45(8)86(145)146)109-70(129)44(7)102-74(133)53(24-27-62(92)123)104-63(124)35-101-83(142)67(43(5)6)117-76(135)51(22-17-31-98-88(95)96)108-85(144)69(47(10)121)116-65(126)37-100-73(132)52(23-26-61(91)122)107-80(139)58(38-118)112-75(134)54(25-28-66(127)128)105-71(130)49(90)20-16-30-97-87(93)94/h11-13,18-19,41-47,49-60,67-69,118-121,147H,14-17,20-40,89-90H2,1-10H3,(H2,91,122)(H2,92,123)(H,99,131)(H,100,132)(H,101,142)(H,102,133)(H,103,143)(H,104,124)(H,105,130)(H,106,141)(H,107,139)(H,108,144)(H,109,129)(H,110,138)(H,111,140)(H,112,134)(H,113,136)(H,114,137)(H,115,125)(H,116,126)(H,117,135)(H,127,128)(H,145,146)(H4,93,94,97)(H4,95,96,98)/t44-,45-,46+,47+,49-,50-,51-,52-,53-,54-,55-,56-,57-,58-,59-,60-,67-,68-,69-/m0/s1. The van der Waals surface area contributed by atoms with E-state index in [9.17, 15) is 141 Å². The summed E-state index contributed by atoms with van der Waals surface area (Å²) in [6.45, 7) is 9.33. The van der Waals surface area contributed by atoms with E-state index >= 15 is 0 Å². The first-order chi connectivity index (χ1) is 68.9. The fourth-order valence-corrected chi connectivity index (χ4v) is 13.8. The third-order valence-corrected chi connectivity index (χ3v) is 22.0. The maximum atomic E-state index is 14.6. The molecule has 19 atom stereocenters. The Balaban J connectivity index is 3.43. The number of primary amides is 2. The molecule has 0 radical (unpaired) electrons. The molecule has 1 aromatic carbocycles. The number of amides is 21. The van der Waals surface area contributed by atoms with E-state index in [2.05, 4.69) is 124 Å². The maximum absolute atomic E-state index is 14.6. The number of guanidine groups is 2. The van der Waals surface area contributed by atoms with Gasteiger partial charge in [0, 0.05) is 44.5 Å².